The molecule has 0 aliphatic heterocycles. The van der Waals surface area contributed by atoms with Crippen molar-refractivity contribution < 1.29 is 8.81 Å². The van der Waals surface area contributed by atoms with Crippen LogP contribution in [0.15, 0.2) is 28.7 Å². The van der Waals surface area contributed by atoms with E-state index in [-0.39, 0.29) is 5.82 Å². The fourth-order valence-corrected chi connectivity index (χ4v) is 1.33. The second-order valence-electron chi connectivity index (χ2n) is 3.02. The SMILES string of the molecule is [CH2]c1nc(C)oc1-c1cccc(F)c1. The first-order valence-electron chi connectivity index (χ1n) is 4.22. The molecular formula is C11H9FNO. The van der Waals surface area contributed by atoms with Crippen LogP contribution in [0.3, 0.4) is 0 Å². The van der Waals surface area contributed by atoms with Gasteiger partial charge in [-0.25, -0.2) is 9.37 Å². The lowest BCUT2D eigenvalue weighted by molar-refractivity contribution is 0.533. The number of aryl methyl sites for hydroxylation is 1. The minimum absolute atomic E-state index is 0.295. The Morgan fingerprint density at radius 2 is 2.21 bits per heavy atom. The highest BCUT2D eigenvalue weighted by atomic mass is 19.1. The van der Waals surface area contributed by atoms with Crippen molar-refractivity contribution in [2.24, 2.45) is 0 Å². The number of halogens is 1. The molecule has 2 rings (SSSR count). The van der Waals surface area contributed by atoms with E-state index >= 15 is 0 Å². The van der Waals surface area contributed by atoms with E-state index in [4.69, 9.17) is 4.42 Å². The van der Waals surface area contributed by atoms with E-state index in [0.717, 1.165) is 0 Å². The molecular weight excluding hydrogens is 181 g/mol. The van der Waals surface area contributed by atoms with Crippen LogP contribution < -0.4 is 0 Å². The quantitative estimate of drug-likeness (QED) is 0.690. The Hall–Kier alpha value is -1.64. The first-order valence-corrected chi connectivity index (χ1v) is 4.22. The maximum atomic E-state index is 12.9. The Morgan fingerprint density at radius 1 is 1.43 bits per heavy atom. The number of benzene rings is 1. The molecule has 1 radical (unpaired) electrons. The van der Waals surface area contributed by atoms with Gasteiger partial charge in [-0.3, -0.25) is 0 Å². The van der Waals surface area contributed by atoms with Gasteiger partial charge >= 0.3 is 0 Å². The van der Waals surface area contributed by atoms with Crippen LogP contribution in [0.2, 0.25) is 0 Å². The average Bonchev–Trinajstić information content (AvgIpc) is 2.45. The van der Waals surface area contributed by atoms with Gasteiger partial charge in [-0.2, -0.15) is 0 Å². The summed E-state index contributed by atoms with van der Waals surface area (Å²) in [5, 5.41) is 0. The molecule has 0 N–H and O–H groups in total. The lowest BCUT2D eigenvalue weighted by Gasteiger charge is -1.96. The molecule has 0 unspecified atom stereocenters. The zero-order valence-electron chi connectivity index (χ0n) is 7.75. The van der Waals surface area contributed by atoms with Gasteiger partial charge in [0.25, 0.3) is 0 Å². The summed E-state index contributed by atoms with van der Waals surface area (Å²) in [5.41, 5.74) is 1.20. The monoisotopic (exact) mass is 190 g/mol. The molecule has 0 saturated heterocycles. The summed E-state index contributed by atoms with van der Waals surface area (Å²) in [6.07, 6.45) is 0. The van der Waals surface area contributed by atoms with Crippen LogP contribution in [0.4, 0.5) is 4.39 Å². The number of hydrogen-bond acceptors (Lipinski definition) is 2. The van der Waals surface area contributed by atoms with Crippen molar-refractivity contribution in [1.82, 2.24) is 4.98 Å². The van der Waals surface area contributed by atoms with Gasteiger partial charge in [0.15, 0.2) is 11.7 Å². The Morgan fingerprint density at radius 3 is 2.79 bits per heavy atom. The molecule has 0 saturated carbocycles. The molecule has 2 nitrogen and oxygen atoms in total. The van der Waals surface area contributed by atoms with E-state index in [1.165, 1.54) is 12.1 Å². The van der Waals surface area contributed by atoms with Crippen molar-refractivity contribution in [2.75, 3.05) is 0 Å². The van der Waals surface area contributed by atoms with Crippen molar-refractivity contribution in [3.63, 3.8) is 0 Å². The number of hydrogen-bond donors (Lipinski definition) is 0. The Kier molecular flexibility index (Phi) is 2.08. The molecule has 0 amide bonds. The van der Waals surface area contributed by atoms with Gasteiger partial charge in [-0.05, 0) is 19.1 Å². The van der Waals surface area contributed by atoms with Gasteiger partial charge in [0, 0.05) is 12.5 Å². The van der Waals surface area contributed by atoms with Crippen molar-refractivity contribution in [3.05, 3.63) is 48.6 Å². The van der Waals surface area contributed by atoms with E-state index < -0.39 is 0 Å². The lowest BCUT2D eigenvalue weighted by Crippen LogP contribution is -1.80. The third kappa shape index (κ3) is 1.53. The third-order valence-electron chi connectivity index (χ3n) is 1.89. The van der Waals surface area contributed by atoms with Gasteiger partial charge in [0.1, 0.15) is 5.82 Å². The van der Waals surface area contributed by atoms with Crippen LogP contribution >= 0.6 is 0 Å². The van der Waals surface area contributed by atoms with Crippen LogP contribution in [-0.2, 0) is 0 Å². The highest BCUT2D eigenvalue weighted by molar-refractivity contribution is 5.60. The Balaban J connectivity index is 2.54. The molecule has 0 atom stereocenters. The fraction of sp³-hybridized carbons (Fsp3) is 0.0909. The van der Waals surface area contributed by atoms with Gasteiger partial charge in [0.05, 0.1) is 5.69 Å². The number of aromatic nitrogens is 1. The zero-order valence-corrected chi connectivity index (χ0v) is 7.75. The lowest BCUT2D eigenvalue weighted by atomic mass is 10.1. The number of rotatable bonds is 1. The van der Waals surface area contributed by atoms with Gasteiger partial charge < -0.3 is 4.42 Å². The second kappa shape index (κ2) is 3.25. The van der Waals surface area contributed by atoms with Crippen molar-refractivity contribution in [1.29, 1.82) is 0 Å². The molecule has 0 bridgehead atoms. The molecule has 0 aliphatic rings. The normalized spacial score (nSPS) is 10.5. The standard InChI is InChI=1S/C11H9FNO/c1-7-11(14-8(2)13-7)9-4-3-5-10(12)6-9/h3-6H,1H2,2H3. The first kappa shape index (κ1) is 8.94. The third-order valence-corrected chi connectivity index (χ3v) is 1.89. The van der Waals surface area contributed by atoms with E-state index in [1.807, 2.05) is 0 Å². The van der Waals surface area contributed by atoms with Crippen molar-refractivity contribution in [2.45, 2.75) is 6.92 Å². The summed E-state index contributed by atoms with van der Waals surface area (Å²) in [6.45, 7) is 5.45. The van der Waals surface area contributed by atoms with Crippen LogP contribution in [0.1, 0.15) is 11.6 Å². The van der Waals surface area contributed by atoms with E-state index in [1.54, 1.807) is 19.1 Å². The highest BCUT2D eigenvalue weighted by Gasteiger charge is 2.09. The Labute approximate surface area is 81.4 Å². The summed E-state index contributed by atoms with van der Waals surface area (Å²) in [5.74, 6) is 0.771. The maximum absolute atomic E-state index is 12.9. The molecule has 1 aromatic carbocycles. The average molecular weight is 190 g/mol. The molecule has 3 heteroatoms. The summed E-state index contributed by atoms with van der Waals surface area (Å²) in [4.78, 5) is 4.02. The molecule has 14 heavy (non-hydrogen) atoms. The molecule has 1 heterocycles. The van der Waals surface area contributed by atoms with Crippen LogP contribution in [0.5, 0.6) is 0 Å². The topological polar surface area (TPSA) is 26.0 Å². The molecule has 2 aromatic rings. The van der Waals surface area contributed by atoms with E-state index in [0.29, 0.717) is 22.9 Å². The minimum Gasteiger partial charge on any atom is -0.441 e. The van der Waals surface area contributed by atoms with Crippen molar-refractivity contribution in [3.8, 4) is 11.3 Å². The van der Waals surface area contributed by atoms with Gasteiger partial charge in [0.2, 0.25) is 0 Å². The predicted molar refractivity (Wildman–Crippen MR) is 51.1 cm³/mol. The molecule has 71 valence electrons. The van der Waals surface area contributed by atoms with Gasteiger partial charge in [-0.1, -0.05) is 12.1 Å². The smallest absolute Gasteiger partial charge is 0.192 e. The van der Waals surface area contributed by atoms with E-state index in [2.05, 4.69) is 11.9 Å². The summed E-state index contributed by atoms with van der Waals surface area (Å²) in [7, 11) is 0. The van der Waals surface area contributed by atoms with Crippen LogP contribution in [-0.4, -0.2) is 4.98 Å². The maximum Gasteiger partial charge on any atom is 0.192 e. The first-order chi connectivity index (χ1) is 6.66. The Bertz CT molecular complexity index is 462. The van der Waals surface area contributed by atoms with Gasteiger partial charge in [-0.15, -0.1) is 0 Å². The number of oxazole rings is 1. The van der Waals surface area contributed by atoms with E-state index in [9.17, 15) is 4.39 Å². The van der Waals surface area contributed by atoms with Crippen LogP contribution in [0.25, 0.3) is 11.3 Å². The fourth-order valence-electron chi connectivity index (χ4n) is 1.33. The zero-order chi connectivity index (χ0) is 10.1. The second-order valence-corrected chi connectivity index (χ2v) is 3.02. The molecule has 1 aromatic heterocycles. The predicted octanol–water partition coefficient (Wildman–Crippen LogP) is 2.97. The molecule has 0 spiro atoms. The minimum atomic E-state index is -0.295. The molecule has 0 aliphatic carbocycles. The van der Waals surface area contributed by atoms with Crippen LogP contribution in [0, 0.1) is 19.7 Å². The van der Waals surface area contributed by atoms with Crippen molar-refractivity contribution >= 4 is 0 Å². The number of nitrogens with zero attached hydrogens (tertiary/aromatic N) is 1. The summed E-state index contributed by atoms with van der Waals surface area (Å²) < 4.78 is 18.2. The summed E-state index contributed by atoms with van der Waals surface area (Å²) in [6, 6.07) is 6.17. The molecule has 0 fully saturated rings. The largest absolute Gasteiger partial charge is 0.441 e. The highest BCUT2D eigenvalue weighted by Crippen LogP contribution is 2.24. The summed E-state index contributed by atoms with van der Waals surface area (Å²) >= 11 is 0.